The molecule has 1 aliphatic heterocycles. The first-order valence-corrected chi connectivity index (χ1v) is 16.1. The molecule has 1 heterocycles. The maximum atomic E-state index is 12.4. The Labute approximate surface area is 283 Å². The Balaban J connectivity index is 0. The Kier molecular flexibility index (Phi) is 22.7. The third-order valence-corrected chi connectivity index (χ3v) is 6.58. The lowest BCUT2D eigenvalue weighted by molar-refractivity contribution is -0.143. The molecule has 13 heteroatoms. The lowest BCUT2D eigenvalue weighted by Crippen LogP contribution is -2.46. The number of urea groups is 1. The summed E-state index contributed by atoms with van der Waals surface area (Å²) in [6.45, 7) is 20.4. The molecule has 274 valence electrons. The van der Waals surface area contributed by atoms with Crippen LogP contribution in [0.2, 0.25) is 0 Å². The van der Waals surface area contributed by atoms with E-state index in [0.29, 0.717) is 37.2 Å². The normalized spacial score (nSPS) is 13.2. The predicted octanol–water partition coefficient (Wildman–Crippen LogP) is 9.41. The van der Waals surface area contributed by atoms with Crippen LogP contribution in [0.5, 0.6) is 0 Å². The standard InChI is InChI=1S/C16H30N4O3.C8H4F6.C7H8.2C2H6/c1-7-18(5)16(22)20(8-2)13(4)9-12(3)10-19(6)15-17-14(21)11-23-15;9-7(10,11)5-2-1-3-6(4-5)8(12,13)14;1-7-5-3-2-4-6-7;2*1-2/h12-13H,7-11H2,1-6H3;1-4H;2-6H,1H3;2*1-2H3/t12-,13-;;;;/m0..../s1. The lowest BCUT2D eigenvalue weighted by atomic mass is 10.0. The summed E-state index contributed by atoms with van der Waals surface area (Å²) in [5.74, 6) is 0.101. The van der Waals surface area contributed by atoms with Gasteiger partial charge in [-0.25, -0.2) is 4.79 Å². The van der Waals surface area contributed by atoms with E-state index in [2.05, 4.69) is 37.9 Å². The molecule has 0 fully saturated rings. The number of alkyl halides is 6. The molecule has 1 aliphatic rings. The Morgan fingerprint density at radius 2 is 1.35 bits per heavy atom. The van der Waals surface area contributed by atoms with E-state index in [4.69, 9.17) is 4.74 Å². The molecule has 0 aliphatic carbocycles. The minimum atomic E-state index is -4.75. The van der Waals surface area contributed by atoms with E-state index in [9.17, 15) is 35.9 Å². The van der Waals surface area contributed by atoms with E-state index in [1.807, 2.05) is 83.6 Å². The van der Waals surface area contributed by atoms with Gasteiger partial charge in [-0.1, -0.05) is 76.6 Å². The molecule has 2 atom stereocenters. The molecule has 3 rings (SSSR count). The van der Waals surface area contributed by atoms with Crippen LogP contribution in [0.15, 0.2) is 59.6 Å². The van der Waals surface area contributed by atoms with Crippen LogP contribution < -0.4 is 0 Å². The number of rotatable bonds is 7. The van der Waals surface area contributed by atoms with E-state index in [1.54, 1.807) is 4.90 Å². The van der Waals surface area contributed by atoms with E-state index in [1.165, 1.54) is 5.56 Å². The minimum Gasteiger partial charge on any atom is -0.455 e. The van der Waals surface area contributed by atoms with Crippen LogP contribution in [-0.4, -0.2) is 79.0 Å². The molecule has 0 N–H and O–H groups in total. The smallest absolute Gasteiger partial charge is 0.416 e. The summed E-state index contributed by atoms with van der Waals surface area (Å²) < 4.78 is 77.2. The van der Waals surface area contributed by atoms with Crippen molar-refractivity contribution in [2.45, 2.75) is 87.1 Å². The number of benzene rings is 2. The molecular weight excluding hydrogens is 638 g/mol. The molecule has 48 heavy (non-hydrogen) atoms. The molecule has 0 saturated heterocycles. The van der Waals surface area contributed by atoms with E-state index in [0.717, 1.165) is 19.0 Å². The number of amidine groups is 1. The maximum Gasteiger partial charge on any atom is 0.416 e. The first-order valence-electron chi connectivity index (χ1n) is 16.1. The molecule has 0 bridgehead atoms. The number of hydrogen-bond donors (Lipinski definition) is 0. The predicted molar refractivity (Wildman–Crippen MR) is 181 cm³/mol. The van der Waals surface area contributed by atoms with Crippen LogP contribution in [0.4, 0.5) is 31.1 Å². The number of hydrogen-bond acceptors (Lipinski definition) is 4. The van der Waals surface area contributed by atoms with Crippen LogP contribution in [0.1, 0.15) is 78.5 Å². The van der Waals surface area contributed by atoms with Gasteiger partial charge in [0.2, 0.25) is 0 Å². The summed E-state index contributed by atoms with van der Waals surface area (Å²) in [7, 11) is 3.69. The van der Waals surface area contributed by atoms with Gasteiger partial charge in [-0.2, -0.15) is 31.3 Å². The largest absolute Gasteiger partial charge is 0.455 e. The Morgan fingerprint density at radius 3 is 1.71 bits per heavy atom. The van der Waals surface area contributed by atoms with Gasteiger partial charge in [0.1, 0.15) is 0 Å². The van der Waals surface area contributed by atoms with Crippen molar-refractivity contribution in [2.75, 3.05) is 40.3 Å². The van der Waals surface area contributed by atoms with Gasteiger partial charge in [0, 0.05) is 39.8 Å². The van der Waals surface area contributed by atoms with E-state index in [-0.39, 0.29) is 30.7 Å². The molecular formula is C35H54F6N4O3. The van der Waals surface area contributed by atoms with Crippen molar-refractivity contribution in [3.63, 3.8) is 0 Å². The van der Waals surface area contributed by atoms with Crippen molar-refractivity contribution >= 4 is 18.0 Å². The topological polar surface area (TPSA) is 65.5 Å². The molecule has 3 amide bonds. The molecule has 0 aromatic heterocycles. The van der Waals surface area contributed by atoms with E-state index < -0.39 is 23.5 Å². The average Bonchev–Trinajstić information content (AvgIpc) is 3.49. The molecule has 0 saturated carbocycles. The summed E-state index contributed by atoms with van der Waals surface area (Å²) >= 11 is 0. The highest BCUT2D eigenvalue weighted by Crippen LogP contribution is 2.34. The van der Waals surface area contributed by atoms with Crippen LogP contribution in [-0.2, 0) is 21.9 Å². The first kappa shape index (κ1) is 46.3. The monoisotopic (exact) mass is 692 g/mol. The zero-order valence-electron chi connectivity index (χ0n) is 30.2. The van der Waals surface area contributed by atoms with Gasteiger partial charge in [0.05, 0.1) is 11.1 Å². The Hall–Kier alpha value is -3.77. The zero-order valence-corrected chi connectivity index (χ0v) is 30.2. The van der Waals surface area contributed by atoms with Crippen LogP contribution >= 0.6 is 0 Å². The van der Waals surface area contributed by atoms with Crippen LogP contribution in [0, 0.1) is 12.8 Å². The van der Waals surface area contributed by atoms with Crippen molar-refractivity contribution in [1.29, 1.82) is 0 Å². The van der Waals surface area contributed by atoms with Gasteiger partial charge >= 0.3 is 18.4 Å². The minimum absolute atomic E-state index is 0.0337. The first-order chi connectivity index (χ1) is 22.4. The fourth-order valence-electron chi connectivity index (χ4n) is 4.22. The number of carbonyl (C=O) groups excluding carboxylic acids is 2. The summed E-state index contributed by atoms with van der Waals surface area (Å²) in [5.41, 5.74) is -1.28. The van der Waals surface area contributed by atoms with Crippen molar-refractivity contribution in [3.05, 3.63) is 71.3 Å². The van der Waals surface area contributed by atoms with Crippen molar-refractivity contribution in [3.8, 4) is 0 Å². The van der Waals surface area contributed by atoms with Gasteiger partial charge in [0.15, 0.2) is 6.61 Å². The summed E-state index contributed by atoms with van der Waals surface area (Å²) in [5, 5.41) is 0. The van der Waals surface area contributed by atoms with Crippen molar-refractivity contribution < 1.29 is 40.7 Å². The molecule has 0 spiro atoms. The second-order valence-corrected chi connectivity index (χ2v) is 10.5. The fraction of sp³-hybridized carbons (Fsp3) is 0.571. The highest BCUT2D eigenvalue weighted by atomic mass is 19.4. The van der Waals surface area contributed by atoms with Gasteiger partial charge in [0.25, 0.3) is 11.9 Å². The van der Waals surface area contributed by atoms with Gasteiger partial charge in [-0.05, 0) is 58.2 Å². The number of ether oxygens (including phenoxy) is 1. The van der Waals surface area contributed by atoms with Crippen LogP contribution in [0.3, 0.4) is 0 Å². The molecule has 7 nitrogen and oxygen atoms in total. The highest BCUT2D eigenvalue weighted by molar-refractivity contribution is 5.96. The number of carbonyl (C=O) groups is 2. The Bertz CT molecular complexity index is 1180. The number of aliphatic imine (C=N–C) groups is 1. The number of halogens is 6. The van der Waals surface area contributed by atoms with Crippen molar-refractivity contribution in [1.82, 2.24) is 14.7 Å². The highest BCUT2D eigenvalue weighted by Gasteiger charge is 2.35. The van der Waals surface area contributed by atoms with Gasteiger partial charge in [-0.3, -0.25) is 4.79 Å². The van der Waals surface area contributed by atoms with Crippen molar-refractivity contribution in [2.24, 2.45) is 10.9 Å². The fourth-order valence-corrected chi connectivity index (χ4v) is 4.22. The molecule has 2 aromatic carbocycles. The summed E-state index contributed by atoms with van der Waals surface area (Å²) in [6, 6.07) is 12.9. The number of amides is 3. The summed E-state index contributed by atoms with van der Waals surface area (Å²) in [4.78, 5) is 32.8. The van der Waals surface area contributed by atoms with Gasteiger partial charge < -0.3 is 19.4 Å². The zero-order chi connectivity index (χ0) is 37.7. The Morgan fingerprint density at radius 1 is 0.854 bits per heavy atom. The SMILES string of the molecule is CC.CC.CCN(C)C(=O)N(CC)[C@@H](C)C[C@H](C)CN(C)C1=NC(=O)CO1.Cc1ccccc1.FC(F)(F)c1cccc(C(F)(F)F)c1. The lowest BCUT2D eigenvalue weighted by Gasteiger charge is -2.33. The van der Waals surface area contributed by atoms with E-state index >= 15 is 0 Å². The number of aryl methyl sites for hydroxylation is 1. The third kappa shape index (κ3) is 18.0. The third-order valence-electron chi connectivity index (χ3n) is 6.58. The molecule has 0 radical (unpaired) electrons. The van der Waals surface area contributed by atoms with Gasteiger partial charge in [-0.15, -0.1) is 0 Å². The quantitative estimate of drug-likeness (QED) is 0.271. The molecule has 2 aromatic rings. The number of nitrogens with zero attached hydrogens (tertiary/aromatic N) is 4. The van der Waals surface area contributed by atoms with Crippen LogP contribution in [0.25, 0.3) is 0 Å². The average molecular weight is 693 g/mol. The maximum absolute atomic E-state index is 12.4. The summed E-state index contributed by atoms with van der Waals surface area (Å²) in [6.07, 6.45) is -8.62. The molecule has 0 unspecified atom stereocenters. The second-order valence-electron chi connectivity index (χ2n) is 10.5. The second kappa shape index (κ2) is 23.5.